The van der Waals surface area contributed by atoms with Gasteiger partial charge in [0.1, 0.15) is 17.6 Å². The van der Waals surface area contributed by atoms with Crippen LogP contribution in [-0.4, -0.2) is 28.1 Å². The number of nitrogens with one attached hydrogen (secondary N) is 1. The van der Waals surface area contributed by atoms with Gasteiger partial charge in [0.05, 0.1) is 5.56 Å². The number of aromatic hydroxyl groups is 1. The van der Waals surface area contributed by atoms with Gasteiger partial charge in [-0.05, 0) is 18.6 Å². The minimum absolute atomic E-state index is 0.161. The van der Waals surface area contributed by atoms with Crippen LogP contribution >= 0.6 is 0 Å². The maximum Gasteiger partial charge on any atom is 0.326 e. The molecule has 1 atom stereocenters. The van der Waals surface area contributed by atoms with Crippen LogP contribution in [0.5, 0.6) is 5.75 Å². The molecule has 17 heavy (non-hydrogen) atoms. The number of carboxylic acid groups (broad SMARTS) is 1. The number of carboxylic acids is 1. The molecule has 0 aliphatic rings. The van der Waals surface area contributed by atoms with Crippen LogP contribution in [-0.2, 0) is 4.79 Å². The lowest BCUT2D eigenvalue weighted by Crippen LogP contribution is -2.40. The van der Waals surface area contributed by atoms with E-state index in [1.807, 2.05) is 0 Å². The van der Waals surface area contributed by atoms with E-state index in [2.05, 4.69) is 5.32 Å². The van der Waals surface area contributed by atoms with E-state index in [0.29, 0.717) is 0 Å². The number of hydrogen-bond donors (Lipinski definition) is 3. The summed E-state index contributed by atoms with van der Waals surface area (Å²) in [5.41, 5.74) is -0.161. The van der Waals surface area contributed by atoms with Crippen LogP contribution < -0.4 is 5.32 Å². The summed E-state index contributed by atoms with van der Waals surface area (Å²) in [7, 11) is 0. The SMILES string of the molecule is CC[C@H](NC(=O)c1ccc(F)cc1O)C(=O)O. The molecule has 0 radical (unpaired) electrons. The van der Waals surface area contributed by atoms with Crippen molar-refractivity contribution >= 4 is 11.9 Å². The first kappa shape index (κ1) is 13.0. The standard InChI is InChI=1S/C11H12FNO4/c1-2-8(11(16)17)13-10(15)7-4-3-6(12)5-9(7)14/h3-5,8,14H,2H2,1H3,(H,13,15)(H,16,17)/t8-/m0/s1. The van der Waals surface area contributed by atoms with Crippen LogP contribution in [0.1, 0.15) is 23.7 Å². The molecule has 3 N–H and O–H groups in total. The Bertz CT molecular complexity index is 447. The summed E-state index contributed by atoms with van der Waals surface area (Å²) in [4.78, 5) is 22.3. The van der Waals surface area contributed by atoms with Crippen LogP contribution in [0.2, 0.25) is 0 Å². The number of benzene rings is 1. The molecule has 0 aliphatic carbocycles. The van der Waals surface area contributed by atoms with Crippen LogP contribution in [0.3, 0.4) is 0 Å². The van der Waals surface area contributed by atoms with Gasteiger partial charge in [0.2, 0.25) is 0 Å². The van der Waals surface area contributed by atoms with E-state index < -0.39 is 29.5 Å². The summed E-state index contributed by atoms with van der Waals surface area (Å²) in [6, 6.07) is 1.86. The summed E-state index contributed by atoms with van der Waals surface area (Å²) in [5, 5.41) is 20.3. The molecule has 0 saturated carbocycles. The van der Waals surface area contributed by atoms with Gasteiger partial charge in [-0.25, -0.2) is 9.18 Å². The Kier molecular flexibility index (Phi) is 4.03. The van der Waals surface area contributed by atoms with Crippen molar-refractivity contribution < 1.29 is 24.2 Å². The zero-order chi connectivity index (χ0) is 13.0. The second-order valence-electron chi connectivity index (χ2n) is 3.43. The zero-order valence-corrected chi connectivity index (χ0v) is 9.11. The topological polar surface area (TPSA) is 86.6 Å². The molecule has 1 rings (SSSR count). The lowest BCUT2D eigenvalue weighted by Gasteiger charge is -2.12. The predicted octanol–water partition coefficient (Wildman–Crippen LogP) is 1.12. The lowest BCUT2D eigenvalue weighted by molar-refractivity contribution is -0.139. The van der Waals surface area contributed by atoms with Crippen molar-refractivity contribution in [2.45, 2.75) is 19.4 Å². The summed E-state index contributed by atoms with van der Waals surface area (Å²) in [5.74, 6) is -3.12. The first-order valence-electron chi connectivity index (χ1n) is 4.98. The van der Waals surface area contributed by atoms with Gasteiger partial charge in [-0.15, -0.1) is 0 Å². The van der Waals surface area contributed by atoms with Crippen LogP contribution in [0.15, 0.2) is 18.2 Å². The highest BCUT2D eigenvalue weighted by Crippen LogP contribution is 2.18. The Morgan fingerprint density at radius 1 is 1.47 bits per heavy atom. The number of phenolic OH excluding ortho intramolecular Hbond substituents is 1. The molecule has 92 valence electrons. The third kappa shape index (κ3) is 3.17. The van der Waals surface area contributed by atoms with Crippen LogP contribution in [0, 0.1) is 5.82 Å². The summed E-state index contributed by atoms with van der Waals surface area (Å²) >= 11 is 0. The maximum atomic E-state index is 12.7. The number of phenols is 1. The second-order valence-corrected chi connectivity index (χ2v) is 3.43. The fourth-order valence-electron chi connectivity index (χ4n) is 1.27. The average Bonchev–Trinajstić information content (AvgIpc) is 2.24. The Morgan fingerprint density at radius 2 is 2.12 bits per heavy atom. The Hall–Kier alpha value is -2.11. The minimum Gasteiger partial charge on any atom is -0.507 e. The lowest BCUT2D eigenvalue weighted by atomic mass is 10.1. The van der Waals surface area contributed by atoms with E-state index in [1.54, 1.807) is 6.92 Å². The molecule has 0 spiro atoms. The van der Waals surface area contributed by atoms with Gasteiger partial charge in [0.15, 0.2) is 0 Å². The number of halogens is 1. The number of rotatable bonds is 4. The predicted molar refractivity (Wildman–Crippen MR) is 57.2 cm³/mol. The number of amides is 1. The van der Waals surface area contributed by atoms with Crippen molar-refractivity contribution in [3.8, 4) is 5.75 Å². The quantitative estimate of drug-likeness (QED) is 0.737. The van der Waals surface area contributed by atoms with E-state index in [4.69, 9.17) is 5.11 Å². The molecule has 0 heterocycles. The summed E-state index contributed by atoms with van der Waals surface area (Å²) < 4.78 is 12.7. The smallest absolute Gasteiger partial charge is 0.326 e. The Morgan fingerprint density at radius 3 is 2.59 bits per heavy atom. The van der Waals surface area contributed by atoms with Gasteiger partial charge in [-0.3, -0.25) is 4.79 Å². The third-order valence-corrected chi connectivity index (χ3v) is 2.22. The molecular formula is C11H12FNO4. The number of carbonyl (C=O) groups is 2. The molecule has 0 unspecified atom stereocenters. The van der Waals surface area contributed by atoms with E-state index in [-0.39, 0.29) is 12.0 Å². The number of aliphatic carboxylic acids is 1. The zero-order valence-electron chi connectivity index (χ0n) is 9.11. The Balaban J connectivity index is 2.86. The van der Waals surface area contributed by atoms with Crippen molar-refractivity contribution in [2.24, 2.45) is 0 Å². The van der Waals surface area contributed by atoms with E-state index in [9.17, 15) is 19.1 Å². The molecular weight excluding hydrogens is 229 g/mol. The fourth-order valence-corrected chi connectivity index (χ4v) is 1.27. The van der Waals surface area contributed by atoms with Crippen LogP contribution in [0.4, 0.5) is 4.39 Å². The molecule has 0 saturated heterocycles. The number of carbonyl (C=O) groups excluding carboxylic acids is 1. The Labute approximate surface area is 96.9 Å². The van der Waals surface area contributed by atoms with E-state index in [0.717, 1.165) is 18.2 Å². The summed E-state index contributed by atoms with van der Waals surface area (Å²) in [6.45, 7) is 1.60. The number of hydrogen-bond acceptors (Lipinski definition) is 3. The van der Waals surface area contributed by atoms with Gasteiger partial charge >= 0.3 is 5.97 Å². The molecule has 0 aliphatic heterocycles. The molecule has 5 nitrogen and oxygen atoms in total. The molecule has 1 aromatic rings. The van der Waals surface area contributed by atoms with Crippen LogP contribution in [0.25, 0.3) is 0 Å². The first-order chi connectivity index (χ1) is 7.95. The van der Waals surface area contributed by atoms with Gasteiger partial charge in [0.25, 0.3) is 5.91 Å². The first-order valence-corrected chi connectivity index (χ1v) is 4.98. The summed E-state index contributed by atoms with van der Waals surface area (Å²) in [6.07, 6.45) is 0.211. The monoisotopic (exact) mass is 241 g/mol. The minimum atomic E-state index is -1.16. The van der Waals surface area contributed by atoms with E-state index in [1.165, 1.54) is 0 Å². The highest BCUT2D eigenvalue weighted by atomic mass is 19.1. The van der Waals surface area contributed by atoms with Crippen molar-refractivity contribution in [1.82, 2.24) is 5.32 Å². The largest absolute Gasteiger partial charge is 0.507 e. The maximum absolute atomic E-state index is 12.7. The van der Waals surface area contributed by atoms with E-state index >= 15 is 0 Å². The highest BCUT2D eigenvalue weighted by molar-refractivity contribution is 5.98. The van der Waals surface area contributed by atoms with Crippen molar-refractivity contribution in [2.75, 3.05) is 0 Å². The van der Waals surface area contributed by atoms with Crippen molar-refractivity contribution in [1.29, 1.82) is 0 Å². The average molecular weight is 241 g/mol. The molecule has 6 heteroatoms. The normalized spacial score (nSPS) is 11.9. The van der Waals surface area contributed by atoms with Gasteiger partial charge in [-0.2, -0.15) is 0 Å². The highest BCUT2D eigenvalue weighted by Gasteiger charge is 2.20. The fraction of sp³-hybridized carbons (Fsp3) is 0.273. The molecule has 1 amide bonds. The second kappa shape index (κ2) is 5.29. The molecule has 0 fully saturated rings. The van der Waals surface area contributed by atoms with Crippen molar-refractivity contribution in [3.63, 3.8) is 0 Å². The van der Waals surface area contributed by atoms with Crippen molar-refractivity contribution in [3.05, 3.63) is 29.6 Å². The third-order valence-electron chi connectivity index (χ3n) is 2.22. The molecule has 1 aromatic carbocycles. The van der Waals surface area contributed by atoms with Gasteiger partial charge in [0, 0.05) is 6.07 Å². The van der Waals surface area contributed by atoms with Gasteiger partial charge in [-0.1, -0.05) is 6.92 Å². The molecule has 0 bridgehead atoms. The molecule has 0 aromatic heterocycles. The van der Waals surface area contributed by atoms with Gasteiger partial charge < -0.3 is 15.5 Å².